The van der Waals surface area contributed by atoms with E-state index in [0.29, 0.717) is 11.1 Å². The summed E-state index contributed by atoms with van der Waals surface area (Å²) >= 11 is 0. The number of alkyl halides is 3. The summed E-state index contributed by atoms with van der Waals surface area (Å²) in [7, 11) is 0. The van der Waals surface area contributed by atoms with E-state index in [0.717, 1.165) is 0 Å². The molecule has 1 aliphatic rings. The van der Waals surface area contributed by atoms with E-state index in [1.807, 2.05) is 0 Å². The Balaban J connectivity index is 2.06. The standard InChI is InChI=1S/C17H19F3O4/c1-16(2,3)24-14(21)9-10-4-6-12-11(8-10)5-7-13(23-12)15(22)17(18,19)20/h4,6,8,13H,5,7,9H2,1-3H3. The second kappa shape index (κ2) is 6.45. The maximum atomic E-state index is 12.5. The monoisotopic (exact) mass is 344 g/mol. The molecule has 0 aliphatic carbocycles. The van der Waals surface area contributed by atoms with Crippen LogP contribution in [0.25, 0.3) is 0 Å². The van der Waals surface area contributed by atoms with Gasteiger partial charge >= 0.3 is 12.1 Å². The molecule has 0 saturated heterocycles. The van der Waals surface area contributed by atoms with Gasteiger partial charge in [0.05, 0.1) is 6.42 Å². The molecule has 4 nitrogen and oxygen atoms in total. The molecule has 0 aromatic heterocycles. The minimum absolute atomic E-state index is 0.0404. The molecule has 0 amide bonds. The highest BCUT2D eigenvalue weighted by molar-refractivity contribution is 5.88. The van der Waals surface area contributed by atoms with Gasteiger partial charge in [0.15, 0.2) is 6.10 Å². The Morgan fingerprint density at radius 1 is 1.25 bits per heavy atom. The van der Waals surface area contributed by atoms with Gasteiger partial charge in [0.1, 0.15) is 11.4 Å². The Bertz CT molecular complexity index is 644. The van der Waals surface area contributed by atoms with Crippen molar-refractivity contribution in [3.8, 4) is 5.75 Å². The van der Waals surface area contributed by atoms with Gasteiger partial charge in [0.2, 0.25) is 0 Å². The molecule has 1 aromatic carbocycles. The van der Waals surface area contributed by atoms with Gasteiger partial charge in [-0.2, -0.15) is 13.2 Å². The van der Waals surface area contributed by atoms with Crippen LogP contribution in [-0.4, -0.2) is 29.6 Å². The average molecular weight is 344 g/mol. The van der Waals surface area contributed by atoms with Crippen molar-refractivity contribution in [3.63, 3.8) is 0 Å². The van der Waals surface area contributed by atoms with E-state index in [1.165, 1.54) is 6.07 Å². The van der Waals surface area contributed by atoms with E-state index in [4.69, 9.17) is 9.47 Å². The molecule has 1 aromatic rings. The van der Waals surface area contributed by atoms with Crippen molar-refractivity contribution in [3.05, 3.63) is 29.3 Å². The number of hydrogen-bond acceptors (Lipinski definition) is 4. The highest BCUT2D eigenvalue weighted by atomic mass is 19.4. The van der Waals surface area contributed by atoms with E-state index in [9.17, 15) is 22.8 Å². The second-order valence-corrected chi connectivity index (χ2v) is 6.71. The van der Waals surface area contributed by atoms with Crippen LogP contribution in [0, 0.1) is 0 Å². The smallest absolute Gasteiger partial charge is 0.453 e. The van der Waals surface area contributed by atoms with Crippen LogP contribution >= 0.6 is 0 Å². The van der Waals surface area contributed by atoms with E-state index >= 15 is 0 Å². The van der Waals surface area contributed by atoms with Gasteiger partial charge < -0.3 is 9.47 Å². The summed E-state index contributed by atoms with van der Waals surface area (Å²) in [4.78, 5) is 23.1. The maximum Gasteiger partial charge on any atom is 0.453 e. The van der Waals surface area contributed by atoms with Gasteiger partial charge in [-0.1, -0.05) is 12.1 Å². The minimum atomic E-state index is -4.90. The Morgan fingerprint density at radius 3 is 2.50 bits per heavy atom. The van der Waals surface area contributed by atoms with Crippen LogP contribution in [0.1, 0.15) is 38.3 Å². The molecule has 0 saturated carbocycles. The van der Waals surface area contributed by atoms with Crippen molar-refractivity contribution < 1.29 is 32.2 Å². The number of ketones is 1. The molecule has 0 fully saturated rings. The maximum absolute atomic E-state index is 12.5. The first kappa shape index (κ1) is 18.3. The normalized spacial score (nSPS) is 17.7. The van der Waals surface area contributed by atoms with Crippen LogP contribution in [0.2, 0.25) is 0 Å². The van der Waals surface area contributed by atoms with Crippen molar-refractivity contribution in [1.29, 1.82) is 0 Å². The zero-order valence-electron chi connectivity index (χ0n) is 13.7. The summed E-state index contributed by atoms with van der Waals surface area (Å²) in [6.45, 7) is 5.30. The van der Waals surface area contributed by atoms with Gasteiger partial charge in [-0.05, 0) is 50.8 Å². The first-order valence-corrected chi connectivity index (χ1v) is 7.57. The van der Waals surface area contributed by atoms with Gasteiger partial charge in [0.25, 0.3) is 5.78 Å². The molecule has 1 unspecified atom stereocenters. The predicted octanol–water partition coefficient (Wildman–Crippen LogP) is 3.40. The lowest BCUT2D eigenvalue weighted by Gasteiger charge is -2.26. The number of aryl methyl sites for hydroxylation is 1. The number of carbonyl (C=O) groups is 2. The number of esters is 1. The van der Waals surface area contributed by atoms with Crippen LogP contribution < -0.4 is 4.74 Å². The fourth-order valence-electron chi connectivity index (χ4n) is 2.46. The highest BCUT2D eigenvalue weighted by Crippen LogP contribution is 2.32. The third-order valence-electron chi connectivity index (χ3n) is 3.41. The molecule has 24 heavy (non-hydrogen) atoms. The molecule has 0 bridgehead atoms. The number of carbonyl (C=O) groups excluding carboxylic acids is 2. The Kier molecular flexibility index (Phi) is 4.92. The van der Waals surface area contributed by atoms with Crippen LogP contribution in [0.15, 0.2) is 18.2 Å². The highest BCUT2D eigenvalue weighted by Gasteiger charge is 2.45. The van der Waals surface area contributed by atoms with Crippen LogP contribution in [-0.2, 0) is 27.2 Å². The average Bonchev–Trinajstić information content (AvgIpc) is 2.42. The van der Waals surface area contributed by atoms with E-state index < -0.39 is 23.7 Å². The summed E-state index contributed by atoms with van der Waals surface area (Å²) in [5, 5.41) is 0. The van der Waals surface area contributed by atoms with Crippen molar-refractivity contribution in [2.24, 2.45) is 0 Å². The molecule has 0 radical (unpaired) electrons. The molecular formula is C17H19F3O4. The molecule has 7 heteroatoms. The van der Waals surface area contributed by atoms with E-state index in [1.54, 1.807) is 32.9 Å². The van der Waals surface area contributed by atoms with E-state index in [2.05, 4.69) is 0 Å². The first-order chi connectivity index (χ1) is 11.0. The molecule has 1 aliphatic heterocycles. The number of halogens is 3. The van der Waals surface area contributed by atoms with Crippen LogP contribution in [0.3, 0.4) is 0 Å². The molecule has 0 spiro atoms. The van der Waals surface area contributed by atoms with Crippen molar-refractivity contribution in [2.75, 3.05) is 0 Å². The quantitative estimate of drug-likeness (QED) is 0.789. The van der Waals surface area contributed by atoms with E-state index in [-0.39, 0.29) is 31.0 Å². The second-order valence-electron chi connectivity index (χ2n) is 6.71. The molecule has 0 N–H and O–H groups in total. The number of ether oxygens (including phenoxy) is 2. The number of Topliss-reactive ketones (excluding diaryl/α,β-unsaturated/α-hetero) is 1. The summed E-state index contributed by atoms with van der Waals surface area (Å²) in [6.07, 6.45) is -6.10. The molecule has 1 heterocycles. The third-order valence-corrected chi connectivity index (χ3v) is 3.41. The number of hydrogen-bond donors (Lipinski definition) is 0. The van der Waals surface area contributed by atoms with Gasteiger partial charge in [-0.15, -0.1) is 0 Å². The van der Waals surface area contributed by atoms with Crippen molar-refractivity contribution in [2.45, 2.75) is 57.9 Å². The zero-order valence-corrected chi connectivity index (χ0v) is 13.7. The van der Waals surface area contributed by atoms with Crippen LogP contribution in [0.4, 0.5) is 13.2 Å². The van der Waals surface area contributed by atoms with Crippen molar-refractivity contribution in [1.82, 2.24) is 0 Å². The summed E-state index contributed by atoms with van der Waals surface area (Å²) in [5.41, 5.74) is 0.786. The number of rotatable bonds is 3. The Morgan fingerprint density at radius 2 is 1.92 bits per heavy atom. The molecule has 132 valence electrons. The fourth-order valence-corrected chi connectivity index (χ4v) is 2.46. The van der Waals surface area contributed by atoms with Gasteiger partial charge in [0, 0.05) is 0 Å². The Hall–Kier alpha value is -2.05. The zero-order chi connectivity index (χ0) is 18.1. The predicted molar refractivity (Wildman–Crippen MR) is 79.8 cm³/mol. The largest absolute Gasteiger partial charge is 0.482 e. The SMILES string of the molecule is CC(C)(C)OC(=O)Cc1ccc2c(c1)CCC(C(=O)C(F)(F)F)O2. The van der Waals surface area contributed by atoms with Gasteiger partial charge in [-0.3, -0.25) is 9.59 Å². The summed E-state index contributed by atoms with van der Waals surface area (Å²) in [5.74, 6) is -2.01. The Labute approximate surface area is 137 Å². The molecule has 1 atom stereocenters. The number of fused-ring (bicyclic) bond motifs is 1. The van der Waals surface area contributed by atoms with Crippen molar-refractivity contribution >= 4 is 11.8 Å². The first-order valence-electron chi connectivity index (χ1n) is 7.57. The summed E-state index contributed by atoms with van der Waals surface area (Å²) < 4.78 is 47.8. The van der Waals surface area contributed by atoms with Crippen LogP contribution in [0.5, 0.6) is 5.75 Å². The minimum Gasteiger partial charge on any atom is -0.482 e. The van der Waals surface area contributed by atoms with Gasteiger partial charge in [-0.25, -0.2) is 0 Å². The molecule has 2 rings (SSSR count). The third kappa shape index (κ3) is 4.72. The molecular weight excluding hydrogens is 325 g/mol. The summed E-state index contributed by atoms with van der Waals surface area (Å²) in [6, 6.07) is 4.78. The number of benzene rings is 1. The fraction of sp³-hybridized carbons (Fsp3) is 0.529. The lowest BCUT2D eigenvalue weighted by Crippen LogP contribution is -2.40. The lowest BCUT2D eigenvalue weighted by atomic mass is 9.97. The topological polar surface area (TPSA) is 52.6 Å². The lowest BCUT2D eigenvalue weighted by molar-refractivity contribution is -0.179.